The molecule has 0 aliphatic carbocycles. The minimum absolute atomic E-state index is 0.0386. The van der Waals surface area contributed by atoms with Gasteiger partial charge in [-0.15, -0.1) is 0 Å². The summed E-state index contributed by atoms with van der Waals surface area (Å²) in [5.41, 5.74) is -5.61. The van der Waals surface area contributed by atoms with Crippen LogP contribution in [0.4, 0.5) is 26.3 Å². The number of halogens is 6. The summed E-state index contributed by atoms with van der Waals surface area (Å²) in [5.74, 6) is -3.63. The van der Waals surface area contributed by atoms with Crippen molar-refractivity contribution in [1.82, 2.24) is 0 Å². The third kappa shape index (κ3) is 3.08. The second-order valence-electron chi connectivity index (χ2n) is 3.73. The summed E-state index contributed by atoms with van der Waals surface area (Å²) in [6.07, 6.45) is -12.6. The Kier molecular flexibility index (Phi) is 4.19. The van der Waals surface area contributed by atoms with Crippen LogP contribution in [0.25, 0.3) is 0 Å². The minimum Gasteiger partial charge on any atom is -0.424 e. The first-order valence-corrected chi connectivity index (χ1v) is 5.01. The molecule has 10 heteroatoms. The Balaban J connectivity index is 3.11. The van der Waals surface area contributed by atoms with Gasteiger partial charge < -0.3 is 9.84 Å². The number of hydrogen-bond acceptors (Lipinski definition) is 4. The normalized spacial score (nSPS) is 12.7. The minimum atomic E-state index is -6.31. The smallest absolute Gasteiger partial charge is 0.424 e. The van der Waals surface area contributed by atoms with E-state index in [1.807, 2.05) is 0 Å². The lowest BCUT2D eigenvalue weighted by molar-refractivity contribution is -0.354. The molecule has 0 saturated heterocycles. The summed E-state index contributed by atoms with van der Waals surface area (Å²) in [6.45, 7) is 0. The maximum atomic E-state index is 12.4. The number of ether oxygens (including phenoxy) is 1. The molecule has 0 amide bonds. The molecule has 1 rings (SSSR count). The predicted molar refractivity (Wildman–Crippen MR) is 53.9 cm³/mol. The zero-order valence-electron chi connectivity index (χ0n) is 9.79. The van der Waals surface area contributed by atoms with Gasteiger partial charge in [-0.3, -0.25) is 0 Å². The zero-order valence-corrected chi connectivity index (χ0v) is 9.79. The van der Waals surface area contributed by atoms with Crippen LogP contribution in [0, 0.1) is 11.3 Å². The molecular formula is C11H5F6NO3. The van der Waals surface area contributed by atoms with Crippen molar-refractivity contribution in [2.24, 2.45) is 0 Å². The lowest BCUT2D eigenvalue weighted by atomic mass is 10.0. The highest BCUT2D eigenvalue weighted by atomic mass is 19.4. The number of esters is 1. The molecule has 1 aromatic rings. The van der Waals surface area contributed by atoms with Crippen molar-refractivity contribution >= 4 is 5.97 Å². The molecule has 0 aromatic heterocycles. The predicted octanol–water partition coefficient (Wildman–Crippen LogP) is 2.32. The monoisotopic (exact) mass is 313 g/mol. The molecule has 1 aromatic carbocycles. The third-order valence-corrected chi connectivity index (χ3v) is 2.31. The van der Waals surface area contributed by atoms with E-state index in [9.17, 15) is 31.1 Å². The summed E-state index contributed by atoms with van der Waals surface area (Å²) in [5, 5.41) is 17.2. The number of hydrogen-bond donors (Lipinski definition) is 1. The Morgan fingerprint density at radius 3 is 1.81 bits per heavy atom. The van der Waals surface area contributed by atoms with Crippen LogP contribution in [-0.4, -0.2) is 29.0 Å². The Hall–Kier alpha value is -2.28. The molecule has 0 aliphatic rings. The highest BCUT2D eigenvalue weighted by Crippen LogP contribution is 2.43. The van der Waals surface area contributed by atoms with Gasteiger partial charge in [-0.05, 0) is 24.3 Å². The van der Waals surface area contributed by atoms with Crippen LogP contribution >= 0.6 is 0 Å². The SMILES string of the molecule is N#Cc1ccc(OC(=O)C(O)(C(F)(F)F)C(F)(F)F)cc1. The van der Waals surface area contributed by atoms with E-state index in [1.54, 1.807) is 6.07 Å². The van der Waals surface area contributed by atoms with E-state index in [1.165, 1.54) is 0 Å². The van der Waals surface area contributed by atoms with Crippen molar-refractivity contribution in [3.05, 3.63) is 29.8 Å². The van der Waals surface area contributed by atoms with Crippen LogP contribution in [0.5, 0.6) is 5.75 Å². The maximum absolute atomic E-state index is 12.4. The van der Waals surface area contributed by atoms with Crippen LogP contribution in [0.2, 0.25) is 0 Å². The summed E-state index contributed by atoms with van der Waals surface area (Å²) < 4.78 is 78.0. The number of nitrogens with zero attached hydrogens (tertiary/aromatic N) is 1. The van der Waals surface area contributed by atoms with E-state index in [4.69, 9.17) is 10.4 Å². The summed E-state index contributed by atoms with van der Waals surface area (Å²) in [4.78, 5) is 11.1. The van der Waals surface area contributed by atoms with E-state index in [-0.39, 0.29) is 5.56 Å². The number of nitriles is 1. The van der Waals surface area contributed by atoms with Gasteiger partial charge in [0.05, 0.1) is 11.6 Å². The van der Waals surface area contributed by atoms with Gasteiger partial charge >= 0.3 is 23.9 Å². The molecule has 0 atom stereocenters. The Bertz CT molecular complexity index is 556. The average Bonchev–Trinajstić information content (AvgIpc) is 2.35. The fraction of sp³-hybridized carbons (Fsp3) is 0.273. The van der Waals surface area contributed by atoms with Crippen molar-refractivity contribution < 1.29 is 41.0 Å². The lowest BCUT2D eigenvalue weighted by Gasteiger charge is -2.29. The number of rotatable bonds is 2. The third-order valence-electron chi connectivity index (χ3n) is 2.31. The van der Waals surface area contributed by atoms with Crippen LogP contribution in [0.3, 0.4) is 0 Å². The molecule has 0 bridgehead atoms. The van der Waals surface area contributed by atoms with Gasteiger partial charge in [0.1, 0.15) is 5.75 Å². The molecule has 0 radical (unpaired) electrons. The van der Waals surface area contributed by atoms with Crippen molar-refractivity contribution in [1.29, 1.82) is 5.26 Å². The molecule has 0 unspecified atom stereocenters. The molecular weight excluding hydrogens is 308 g/mol. The standard InChI is InChI=1S/C11H5F6NO3/c12-10(13,14)9(20,11(15,16)17)8(19)21-7-3-1-6(5-18)2-4-7/h1-4,20H. The quantitative estimate of drug-likeness (QED) is 0.517. The Morgan fingerprint density at radius 2 is 1.48 bits per heavy atom. The Labute approximate surface area is 113 Å². The number of aliphatic hydroxyl groups is 1. The molecule has 1 N–H and O–H groups in total. The second kappa shape index (κ2) is 5.25. The molecule has 0 spiro atoms. The molecule has 0 saturated carbocycles. The van der Waals surface area contributed by atoms with Gasteiger partial charge in [-0.2, -0.15) is 31.6 Å². The first-order chi connectivity index (χ1) is 9.43. The summed E-state index contributed by atoms with van der Waals surface area (Å²) >= 11 is 0. The molecule has 0 fully saturated rings. The molecule has 0 heterocycles. The van der Waals surface area contributed by atoms with E-state index < -0.39 is 29.7 Å². The van der Waals surface area contributed by atoms with Gasteiger partial charge in [0, 0.05) is 0 Å². The van der Waals surface area contributed by atoms with Gasteiger partial charge in [-0.1, -0.05) is 0 Å². The van der Waals surface area contributed by atoms with Crippen molar-refractivity contribution in [2.75, 3.05) is 0 Å². The number of alkyl halides is 6. The van der Waals surface area contributed by atoms with Gasteiger partial charge in [0.25, 0.3) is 0 Å². The molecule has 114 valence electrons. The van der Waals surface area contributed by atoms with E-state index in [0.29, 0.717) is 0 Å². The summed E-state index contributed by atoms with van der Waals surface area (Å²) in [7, 11) is 0. The zero-order chi connectivity index (χ0) is 16.5. The summed E-state index contributed by atoms with van der Waals surface area (Å²) in [6, 6.07) is 5.26. The van der Waals surface area contributed by atoms with Crippen molar-refractivity contribution in [3.63, 3.8) is 0 Å². The highest BCUT2D eigenvalue weighted by molar-refractivity contribution is 5.83. The van der Waals surface area contributed by atoms with E-state index in [0.717, 1.165) is 24.3 Å². The van der Waals surface area contributed by atoms with Crippen LogP contribution in [0.15, 0.2) is 24.3 Å². The number of carbonyl (C=O) groups is 1. The largest absolute Gasteiger partial charge is 0.437 e. The van der Waals surface area contributed by atoms with E-state index in [2.05, 4.69) is 4.74 Å². The first-order valence-electron chi connectivity index (χ1n) is 5.01. The maximum Gasteiger partial charge on any atom is 0.437 e. The highest BCUT2D eigenvalue weighted by Gasteiger charge is 2.76. The number of carbonyl (C=O) groups excluding carboxylic acids is 1. The van der Waals surface area contributed by atoms with Crippen molar-refractivity contribution in [3.8, 4) is 11.8 Å². The second-order valence-corrected chi connectivity index (χ2v) is 3.73. The van der Waals surface area contributed by atoms with Crippen LogP contribution < -0.4 is 4.74 Å². The average molecular weight is 313 g/mol. The fourth-order valence-electron chi connectivity index (χ4n) is 1.17. The van der Waals surface area contributed by atoms with Crippen LogP contribution in [0.1, 0.15) is 5.56 Å². The Morgan fingerprint density at radius 1 is 1.05 bits per heavy atom. The first kappa shape index (κ1) is 16.8. The topological polar surface area (TPSA) is 70.3 Å². The van der Waals surface area contributed by atoms with Gasteiger partial charge in [0.15, 0.2) is 0 Å². The lowest BCUT2D eigenvalue weighted by Crippen LogP contribution is -2.63. The molecule has 4 nitrogen and oxygen atoms in total. The number of benzene rings is 1. The van der Waals surface area contributed by atoms with Gasteiger partial charge in [0.2, 0.25) is 0 Å². The molecule has 0 aliphatic heterocycles. The van der Waals surface area contributed by atoms with Gasteiger partial charge in [-0.25, -0.2) is 4.79 Å². The van der Waals surface area contributed by atoms with Crippen LogP contribution in [-0.2, 0) is 4.79 Å². The molecule has 21 heavy (non-hydrogen) atoms. The van der Waals surface area contributed by atoms with E-state index >= 15 is 0 Å². The fourth-order valence-corrected chi connectivity index (χ4v) is 1.17. The van der Waals surface area contributed by atoms with Crippen molar-refractivity contribution in [2.45, 2.75) is 18.0 Å².